The predicted molar refractivity (Wildman–Crippen MR) is 64.8 cm³/mol. The Hall–Kier alpha value is -0.880. The molecule has 0 radical (unpaired) electrons. The van der Waals surface area contributed by atoms with E-state index in [9.17, 15) is 8.42 Å². The Morgan fingerprint density at radius 1 is 1.29 bits per heavy atom. The minimum Gasteiger partial charge on any atom is -0.345 e. The van der Waals surface area contributed by atoms with Crippen molar-refractivity contribution in [3.63, 3.8) is 0 Å². The van der Waals surface area contributed by atoms with Crippen molar-refractivity contribution in [2.75, 3.05) is 24.6 Å². The Kier molecular flexibility index (Phi) is 2.71. The fourth-order valence-corrected chi connectivity index (χ4v) is 4.46. The Labute approximate surface area is 101 Å². The molecule has 1 aromatic rings. The molecule has 2 saturated heterocycles. The molecule has 2 aliphatic heterocycles. The Morgan fingerprint density at radius 3 is 2.82 bits per heavy atom. The fraction of sp³-hybridized carbons (Fsp3) is 0.727. The molecule has 2 aliphatic rings. The third kappa shape index (κ3) is 2.24. The molecule has 2 fully saturated rings. The number of aromatic nitrogens is 2. The van der Waals surface area contributed by atoms with Crippen LogP contribution in [0.4, 0.5) is 0 Å². The van der Waals surface area contributed by atoms with Crippen molar-refractivity contribution in [2.45, 2.75) is 24.7 Å². The summed E-state index contributed by atoms with van der Waals surface area (Å²) < 4.78 is 22.9. The van der Waals surface area contributed by atoms with Gasteiger partial charge < -0.3 is 10.3 Å². The first kappa shape index (κ1) is 11.2. The lowest BCUT2D eigenvalue weighted by atomic mass is 10.1. The normalized spacial score (nSPS) is 32.0. The van der Waals surface area contributed by atoms with Crippen LogP contribution in [-0.2, 0) is 9.84 Å². The van der Waals surface area contributed by atoms with E-state index in [2.05, 4.69) is 15.3 Å². The topological polar surface area (TPSA) is 74.8 Å². The van der Waals surface area contributed by atoms with Gasteiger partial charge in [-0.15, -0.1) is 0 Å². The molecule has 0 aromatic carbocycles. The van der Waals surface area contributed by atoms with Gasteiger partial charge in [0.15, 0.2) is 9.84 Å². The van der Waals surface area contributed by atoms with Crippen LogP contribution < -0.4 is 5.32 Å². The van der Waals surface area contributed by atoms with Gasteiger partial charge >= 0.3 is 0 Å². The van der Waals surface area contributed by atoms with Gasteiger partial charge in [-0.25, -0.2) is 13.4 Å². The summed E-state index contributed by atoms with van der Waals surface area (Å²) in [7, 11) is -2.81. The third-order valence-electron chi connectivity index (χ3n) is 3.73. The molecular formula is C11H17N3O2S. The van der Waals surface area contributed by atoms with Gasteiger partial charge in [0, 0.05) is 30.3 Å². The summed E-state index contributed by atoms with van der Waals surface area (Å²) in [4.78, 5) is 7.72. The summed E-state index contributed by atoms with van der Waals surface area (Å²) in [5.74, 6) is 2.18. The van der Waals surface area contributed by atoms with Crippen LogP contribution in [0.5, 0.6) is 0 Å². The van der Waals surface area contributed by atoms with Gasteiger partial charge in [0.25, 0.3) is 0 Å². The van der Waals surface area contributed by atoms with E-state index < -0.39 is 9.84 Å². The molecule has 0 aliphatic carbocycles. The first-order valence-electron chi connectivity index (χ1n) is 6.10. The van der Waals surface area contributed by atoms with Gasteiger partial charge in [0.1, 0.15) is 5.82 Å². The highest BCUT2D eigenvalue weighted by Gasteiger charge is 2.31. The van der Waals surface area contributed by atoms with Gasteiger partial charge in [0.05, 0.1) is 11.5 Å². The van der Waals surface area contributed by atoms with Crippen molar-refractivity contribution in [1.82, 2.24) is 15.3 Å². The summed E-state index contributed by atoms with van der Waals surface area (Å²) in [6.07, 6.45) is 3.65. The number of sulfone groups is 1. The van der Waals surface area contributed by atoms with Crippen molar-refractivity contribution in [3.8, 4) is 0 Å². The fourth-order valence-electron chi connectivity index (χ4n) is 2.69. The lowest BCUT2D eigenvalue weighted by molar-refractivity contribution is 0.601. The van der Waals surface area contributed by atoms with E-state index in [1.165, 1.54) is 0 Å². The molecule has 2 N–H and O–H groups in total. The summed E-state index contributed by atoms with van der Waals surface area (Å²) in [6, 6.07) is 0. The Bertz CT molecular complexity index is 503. The van der Waals surface area contributed by atoms with E-state index in [0.717, 1.165) is 37.4 Å². The van der Waals surface area contributed by atoms with Crippen molar-refractivity contribution >= 4 is 9.84 Å². The van der Waals surface area contributed by atoms with Gasteiger partial charge in [-0.1, -0.05) is 0 Å². The van der Waals surface area contributed by atoms with Crippen LogP contribution in [0.1, 0.15) is 36.2 Å². The molecule has 0 bridgehead atoms. The second-order valence-corrected chi connectivity index (χ2v) is 7.24. The number of nitrogens with one attached hydrogen (secondary N) is 2. The van der Waals surface area contributed by atoms with E-state index in [0.29, 0.717) is 11.7 Å². The van der Waals surface area contributed by atoms with Crippen LogP contribution in [0.2, 0.25) is 0 Å². The summed E-state index contributed by atoms with van der Waals surface area (Å²) in [5.41, 5.74) is 0.993. The van der Waals surface area contributed by atoms with Crippen molar-refractivity contribution in [1.29, 1.82) is 0 Å². The molecule has 17 heavy (non-hydrogen) atoms. The molecule has 6 heteroatoms. The van der Waals surface area contributed by atoms with Gasteiger partial charge in [0.2, 0.25) is 0 Å². The summed E-state index contributed by atoms with van der Waals surface area (Å²) in [5, 5.41) is 3.31. The Morgan fingerprint density at radius 2 is 2.18 bits per heavy atom. The molecule has 1 aromatic heterocycles. The molecule has 2 unspecified atom stereocenters. The van der Waals surface area contributed by atoms with E-state index >= 15 is 0 Å². The molecule has 0 saturated carbocycles. The quantitative estimate of drug-likeness (QED) is 0.801. The van der Waals surface area contributed by atoms with Crippen LogP contribution >= 0.6 is 0 Å². The van der Waals surface area contributed by atoms with E-state index in [4.69, 9.17) is 0 Å². The standard InChI is InChI=1S/C11H17N3O2S/c15-17(16)4-2-9(7-17)10-6-13-11(14-10)8-1-3-12-5-8/h6,8-9,12H,1-5,7H2,(H,13,14). The maximum Gasteiger partial charge on any atom is 0.151 e. The third-order valence-corrected chi connectivity index (χ3v) is 5.50. The monoisotopic (exact) mass is 255 g/mol. The van der Waals surface area contributed by atoms with E-state index in [-0.39, 0.29) is 11.7 Å². The van der Waals surface area contributed by atoms with Crippen molar-refractivity contribution in [3.05, 3.63) is 17.7 Å². The maximum absolute atomic E-state index is 11.4. The average Bonchev–Trinajstić information content (AvgIpc) is 2.93. The number of hydrogen-bond donors (Lipinski definition) is 2. The highest BCUT2D eigenvalue weighted by molar-refractivity contribution is 7.91. The average molecular weight is 255 g/mol. The number of rotatable bonds is 2. The van der Waals surface area contributed by atoms with Crippen LogP contribution in [-0.4, -0.2) is 43.0 Å². The molecule has 3 rings (SSSR count). The number of hydrogen-bond acceptors (Lipinski definition) is 4. The van der Waals surface area contributed by atoms with Gasteiger partial charge in [-0.3, -0.25) is 0 Å². The smallest absolute Gasteiger partial charge is 0.151 e. The van der Waals surface area contributed by atoms with E-state index in [1.807, 2.05) is 6.20 Å². The van der Waals surface area contributed by atoms with Crippen LogP contribution in [0.15, 0.2) is 6.20 Å². The number of nitrogens with zero attached hydrogens (tertiary/aromatic N) is 1. The van der Waals surface area contributed by atoms with Crippen molar-refractivity contribution < 1.29 is 8.42 Å². The number of aromatic amines is 1. The zero-order valence-corrected chi connectivity index (χ0v) is 10.5. The number of H-pyrrole nitrogens is 1. The largest absolute Gasteiger partial charge is 0.345 e. The first-order valence-corrected chi connectivity index (χ1v) is 7.92. The summed E-state index contributed by atoms with van der Waals surface area (Å²) in [6.45, 7) is 2.01. The highest BCUT2D eigenvalue weighted by atomic mass is 32.2. The minimum atomic E-state index is -2.81. The minimum absolute atomic E-state index is 0.121. The van der Waals surface area contributed by atoms with Crippen LogP contribution in [0, 0.1) is 0 Å². The summed E-state index contributed by atoms with van der Waals surface area (Å²) >= 11 is 0. The SMILES string of the molecule is O=S1(=O)CCC(c2cnc(C3CCNC3)[nH]2)C1. The lowest BCUT2D eigenvalue weighted by Gasteiger charge is -2.05. The predicted octanol–water partition coefficient (Wildman–Crippen LogP) is 0.389. The van der Waals surface area contributed by atoms with Crippen molar-refractivity contribution in [2.24, 2.45) is 0 Å². The maximum atomic E-state index is 11.4. The van der Waals surface area contributed by atoms with Crippen LogP contribution in [0.25, 0.3) is 0 Å². The van der Waals surface area contributed by atoms with Gasteiger partial charge in [-0.2, -0.15) is 0 Å². The molecule has 5 nitrogen and oxygen atoms in total. The molecule has 3 heterocycles. The lowest BCUT2D eigenvalue weighted by Crippen LogP contribution is -2.09. The van der Waals surface area contributed by atoms with E-state index in [1.54, 1.807) is 0 Å². The second kappa shape index (κ2) is 4.10. The zero-order valence-electron chi connectivity index (χ0n) is 9.65. The molecule has 94 valence electrons. The molecule has 2 atom stereocenters. The first-order chi connectivity index (χ1) is 8.14. The molecule has 0 amide bonds. The highest BCUT2D eigenvalue weighted by Crippen LogP contribution is 2.29. The van der Waals surface area contributed by atoms with Gasteiger partial charge in [-0.05, 0) is 19.4 Å². The number of imidazole rings is 1. The molecular weight excluding hydrogens is 238 g/mol. The second-order valence-electron chi connectivity index (χ2n) is 5.01. The Balaban J connectivity index is 1.76. The zero-order chi connectivity index (χ0) is 11.9. The molecule has 0 spiro atoms. The van der Waals surface area contributed by atoms with Crippen LogP contribution in [0.3, 0.4) is 0 Å².